The van der Waals surface area contributed by atoms with Gasteiger partial charge >= 0.3 is 0 Å². The van der Waals surface area contributed by atoms with Crippen molar-refractivity contribution >= 4 is 0 Å². The number of ether oxygens (including phenoxy) is 1. The Labute approximate surface area is 85.3 Å². The van der Waals surface area contributed by atoms with Gasteiger partial charge in [-0.05, 0) is 11.5 Å². The van der Waals surface area contributed by atoms with Crippen molar-refractivity contribution < 1.29 is 4.74 Å². The molecule has 1 rings (SSSR count). The maximum absolute atomic E-state index is 6.13. The Morgan fingerprint density at radius 3 is 2.57 bits per heavy atom. The maximum Gasteiger partial charge on any atom is 0.217 e. The number of pyridine rings is 1. The molecule has 0 saturated carbocycles. The van der Waals surface area contributed by atoms with Crippen LogP contribution in [0.15, 0.2) is 18.3 Å². The summed E-state index contributed by atoms with van der Waals surface area (Å²) in [5, 5.41) is 0. The van der Waals surface area contributed by atoms with E-state index in [-0.39, 0.29) is 11.5 Å². The van der Waals surface area contributed by atoms with Crippen LogP contribution in [0.5, 0.6) is 5.88 Å². The van der Waals surface area contributed by atoms with E-state index in [2.05, 4.69) is 25.8 Å². The molecule has 0 aliphatic rings. The minimum absolute atomic E-state index is 0.0102. The van der Waals surface area contributed by atoms with Crippen LogP contribution in [0.2, 0.25) is 0 Å². The molecule has 0 saturated heterocycles. The number of hydrogen-bond donors (Lipinski definition) is 1. The van der Waals surface area contributed by atoms with E-state index in [0.29, 0.717) is 5.88 Å². The highest BCUT2D eigenvalue weighted by Crippen LogP contribution is 2.33. The monoisotopic (exact) mass is 194 g/mol. The summed E-state index contributed by atoms with van der Waals surface area (Å²) in [4.78, 5) is 4.13. The third kappa shape index (κ3) is 2.23. The van der Waals surface area contributed by atoms with Crippen LogP contribution in [-0.2, 0) is 0 Å². The Morgan fingerprint density at radius 2 is 2.07 bits per heavy atom. The van der Waals surface area contributed by atoms with Gasteiger partial charge in [0, 0.05) is 17.8 Å². The Balaban J connectivity index is 3.06. The van der Waals surface area contributed by atoms with E-state index >= 15 is 0 Å². The molecule has 14 heavy (non-hydrogen) atoms. The summed E-state index contributed by atoms with van der Waals surface area (Å²) in [6, 6.07) is 3.77. The van der Waals surface area contributed by atoms with Crippen LogP contribution in [0.4, 0.5) is 0 Å². The molecule has 78 valence electrons. The molecule has 1 heterocycles. The fourth-order valence-corrected chi connectivity index (χ4v) is 1.28. The van der Waals surface area contributed by atoms with Crippen molar-refractivity contribution in [2.24, 2.45) is 11.1 Å². The lowest BCUT2D eigenvalue weighted by molar-refractivity contribution is 0.310. The van der Waals surface area contributed by atoms with Gasteiger partial charge < -0.3 is 10.5 Å². The van der Waals surface area contributed by atoms with Crippen LogP contribution in [0, 0.1) is 5.41 Å². The van der Waals surface area contributed by atoms with E-state index in [9.17, 15) is 0 Å². The second-order valence-electron chi connectivity index (χ2n) is 4.45. The lowest BCUT2D eigenvalue weighted by atomic mass is 9.83. The van der Waals surface area contributed by atoms with Crippen LogP contribution in [-0.4, -0.2) is 12.1 Å². The normalized spacial score (nSPS) is 13.8. The number of methoxy groups -OCH3 is 1. The van der Waals surface area contributed by atoms with Gasteiger partial charge in [-0.15, -0.1) is 0 Å². The topological polar surface area (TPSA) is 48.1 Å². The van der Waals surface area contributed by atoms with Crippen molar-refractivity contribution in [1.29, 1.82) is 0 Å². The van der Waals surface area contributed by atoms with Crippen LogP contribution < -0.4 is 10.5 Å². The van der Waals surface area contributed by atoms with E-state index < -0.39 is 0 Å². The predicted octanol–water partition coefficient (Wildman–Crippen LogP) is 2.14. The average Bonchev–Trinajstić information content (AvgIpc) is 2.15. The van der Waals surface area contributed by atoms with Gasteiger partial charge in [0.2, 0.25) is 5.88 Å². The highest BCUT2D eigenvalue weighted by Gasteiger charge is 2.25. The molecule has 0 radical (unpaired) electrons. The fraction of sp³-hybridized carbons (Fsp3) is 0.545. The molecule has 2 N–H and O–H groups in total. The molecule has 1 unspecified atom stereocenters. The molecule has 0 aromatic carbocycles. The van der Waals surface area contributed by atoms with Crippen molar-refractivity contribution in [3.8, 4) is 5.88 Å². The minimum atomic E-state index is -0.0638. The molecule has 0 amide bonds. The minimum Gasteiger partial charge on any atom is -0.481 e. The van der Waals surface area contributed by atoms with Gasteiger partial charge in [-0.1, -0.05) is 26.8 Å². The molecule has 1 atom stereocenters. The highest BCUT2D eigenvalue weighted by atomic mass is 16.5. The average molecular weight is 194 g/mol. The van der Waals surface area contributed by atoms with Crippen molar-refractivity contribution in [1.82, 2.24) is 4.98 Å². The molecule has 1 aromatic heterocycles. The van der Waals surface area contributed by atoms with E-state index in [1.54, 1.807) is 13.3 Å². The van der Waals surface area contributed by atoms with Crippen LogP contribution >= 0.6 is 0 Å². The zero-order chi connectivity index (χ0) is 10.8. The van der Waals surface area contributed by atoms with Crippen molar-refractivity contribution in [2.75, 3.05) is 7.11 Å². The van der Waals surface area contributed by atoms with E-state index in [4.69, 9.17) is 10.5 Å². The molecule has 0 fully saturated rings. The third-order valence-corrected chi connectivity index (χ3v) is 2.26. The first-order chi connectivity index (χ1) is 6.46. The quantitative estimate of drug-likeness (QED) is 0.784. The molecular weight excluding hydrogens is 176 g/mol. The Morgan fingerprint density at radius 1 is 1.43 bits per heavy atom. The van der Waals surface area contributed by atoms with Crippen molar-refractivity contribution in [2.45, 2.75) is 26.8 Å². The second-order valence-corrected chi connectivity index (χ2v) is 4.45. The summed E-state index contributed by atoms with van der Waals surface area (Å²) >= 11 is 0. The Hall–Kier alpha value is -1.09. The van der Waals surface area contributed by atoms with Crippen molar-refractivity contribution in [3.05, 3.63) is 23.9 Å². The molecule has 0 aliphatic heterocycles. The van der Waals surface area contributed by atoms with E-state index in [0.717, 1.165) is 5.56 Å². The smallest absolute Gasteiger partial charge is 0.217 e. The van der Waals surface area contributed by atoms with Gasteiger partial charge in [-0.3, -0.25) is 0 Å². The molecular formula is C11H18N2O. The van der Waals surface area contributed by atoms with Crippen molar-refractivity contribution in [3.63, 3.8) is 0 Å². The maximum atomic E-state index is 6.13. The van der Waals surface area contributed by atoms with E-state index in [1.807, 2.05) is 12.1 Å². The first-order valence-electron chi connectivity index (χ1n) is 4.71. The van der Waals surface area contributed by atoms with Gasteiger partial charge in [-0.2, -0.15) is 0 Å². The molecule has 0 spiro atoms. The molecule has 0 aliphatic carbocycles. The zero-order valence-corrected chi connectivity index (χ0v) is 9.24. The SMILES string of the molecule is COc1ncccc1C(N)C(C)(C)C. The predicted molar refractivity (Wildman–Crippen MR) is 57.2 cm³/mol. The summed E-state index contributed by atoms with van der Waals surface area (Å²) in [7, 11) is 1.61. The van der Waals surface area contributed by atoms with Gasteiger partial charge in [0.25, 0.3) is 0 Å². The summed E-state index contributed by atoms with van der Waals surface area (Å²) in [5.74, 6) is 0.620. The summed E-state index contributed by atoms with van der Waals surface area (Å²) < 4.78 is 5.17. The van der Waals surface area contributed by atoms with Gasteiger partial charge in [0.1, 0.15) is 0 Å². The highest BCUT2D eigenvalue weighted by molar-refractivity contribution is 5.29. The molecule has 3 heteroatoms. The Kier molecular flexibility index (Phi) is 3.11. The molecule has 3 nitrogen and oxygen atoms in total. The first kappa shape index (κ1) is 11.0. The zero-order valence-electron chi connectivity index (χ0n) is 9.24. The molecule has 1 aromatic rings. The van der Waals surface area contributed by atoms with Gasteiger partial charge in [-0.25, -0.2) is 4.98 Å². The summed E-state index contributed by atoms with van der Waals surface area (Å²) in [6.07, 6.45) is 1.71. The first-order valence-corrected chi connectivity index (χ1v) is 4.71. The number of hydrogen-bond acceptors (Lipinski definition) is 3. The number of rotatable bonds is 2. The fourth-order valence-electron chi connectivity index (χ4n) is 1.28. The van der Waals surface area contributed by atoms with Crippen LogP contribution in [0.25, 0.3) is 0 Å². The molecule has 0 bridgehead atoms. The lowest BCUT2D eigenvalue weighted by Gasteiger charge is -2.27. The number of nitrogens with zero attached hydrogens (tertiary/aromatic N) is 1. The second kappa shape index (κ2) is 3.96. The largest absolute Gasteiger partial charge is 0.481 e. The lowest BCUT2D eigenvalue weighted by Crippen LogP contribution is -2.26. The number of nitrogens with two attached hydrogens (primary N) is 1. The standard InChI is InChI=1S/C11H18N2O/c1-11(2,3)9(12)8-6-5-7-13-10(8)14-4/h5-7,9H,12H2,1-4H3. The van der Waals surface area contributed by atoms with Gasteiger partial charge in [0.05, 0.1) is 7.11 Å². The van der Waals surface area contributed by atoms with Crippen LogP contribution in [0.1, 0.15) is 32.4 Å². The van der Waals surface area contributed by atoms with E-state index in [1.165, 1.54) is 0 Å². The van der Waals surface area contributed by atoms with Crippen LogP contribution in [0.3, 0.4) is 0 Å². The third-order valence-electron chi connectivity index (χ3n) is 2.26. The summed E-state index contributed by atoms with van der Waals surface area (Å²) in [5.41, 5.74) is 7.10. The Bertz CT molecular complexity index is 304. The number of aromatic nitrogens is 1. The van der Waals surface area contributed by atoms with Gasteiger partial charge in [0.15, 0.2) is 0 Å². The summed E-state index contributed by atoms with van der Waals surface area (Å²) in [6.45, 7) is 6.30.